The van der Waals surface area contributed by atoms with E-state index >= 15 is 0 Å². The van der Waals surface area contributed by atoms with Gasteiger partial charge in [0.15, 0.2) is 6.61 Å². The van der Waals surface area contributed by atoms with E-state index in [-0.39, 0.29) is 29.5 Å². The predicted molar refractivity (Wildman–Crippen MR) is 124 cm³/mol. The van der Waals surface area contributed by atoms with Crippen molar-refractivity contribution >= 4 is 22.8 Å². The van der Waals surface area contributed by atoms with Crippen LogP contribution in [0.4, 0.5) is 0 Å². The van der Waals surface area contributed by atoms with Gasteiger partial charge in [-0.25, -0.2) is 9.59 Å². The lowest BCUT2D eigenvalue weighted by molar-refractivity contribution is -0.136. The Kier molecular flexibility index (Phi) is 6.77. The van der Waals surface area contributed by atoms with Gasteiger partial charge in [0, 0.05) is 17.5 Å². The molecule has 1 N–H and O–H groups in total. The monoisotopic (exact) mass is 449 g/mol. The summed E-state index contributed by atoms with van der Waals surface area (Å²) < 4.78 is 16.1. The van der Waals surface area contributed by atoms with Gasteiger partial charge in [0.05, 0.1) is 0 Å². The number of esters is 1. The number of aryl methyl sites for hydroxylation is 2. The molecule has 1 amide bonds. The van der Waals surface area contributed by atoms with E-state index in [1.54, 1.807) is 18.2 Å². The van der Waals surface area contributed by atoms with Crippen molar-refractivity contribution in [2.75, 3.05) is 6.61 Å². The quantitative estimate of drug-likeness (QED) is 0.339. The standard InChI is InChI=1S/C26H27NO6/c1-16-8-10-20(12-17(16)2)31-15-24(28)32-21-11-9-18-13-22(26(30)33-23(18)14-21)25(29)27-19-6-4-3-5-7-19/h8-14,19H,3-7,15H2,1-2H3,(H,27,29). The third-order valence-corrected chi connectivity index (χ3v) is 5.96. The summed E-state index contributed by atoms with van der Waals surface area (Å²) in [6.07, 6.45) is 5.18. The molecule has 3 aromatic rings. The smallest absolute Gasteiger partial charge is 0.349 e. The minimum absolute atomic E-state index is 0.0281. The van der Waals surface area contributed by atoms with Gasteiger partial charge in [0.1, 0.15) is 22.6 Å². The molecule has 7 heteroatoms. The van der Waals surface area contributed by atoms with Crippen LogP contribution < -0.4 is 20.4 Å². The summed E-state index contributed by atoms with van der Waals surface area (Å²) in [6.45, 7) is 3.71. The number of benzene rings is 2. The Bertz CT molecular complexity index is 1240. The first kappa shape index (κ1) is 22.6. The van der Waals surface area contributed by atoms with E-state index < -0.39 is 17.5 Å². The fourth-order valence-corrected chi connectivity index (χ4v) is 3.93. The highest BCUT2D eigenvalue weighted by molar-refractivity contribution is 5.97. The molecule has 172 valence electrons. The molecule has 0 unspecified atom stereocenters. The fraction of sp³-hybridized carbons (Fsp3) is 0.346. The first-order valence-electron chi connectivity index (χ1n) is 11.2. The summed E-state index contributed by atoms with van der Waals surface area (Å²) in [7, 11) is 0. The van der Waals surface area contributed by atoms with Gasteiger partial charge in [0.25, 0.3) is 5.91 Å². The van der Waals surface area contributed by atoms with Crippen molar-refractivity contribution in [3.05, 3.63) is 69.6 Å². The minimum atomic E-state index is -0.725. The Morgan fingerprint density at radius 3 is 2.48 bits per heavy atom. The second kappa shape index (κ2) is 9.90. The molecule has 0 bridgehead atoms. The van der Waals surface area contributed by atoms with Crippen molar-refractivity contribution in [1.82, 2.24) is 5.32 Å². The van der Waals surface area contributed by atoms with Crippen LogP contribution >= 0.6 is 0 Å². The van der Waals surface area contributed by atoms with Crippen molar-refractivity contribution in [3.8, 4) is 11.5 Å². The number of rotatable bonds is 6. The number of fused-ring (bicyclic) bond motifs is 1. The Labute approximate surface area is 191 Å². The van der Waals surface area contributed by atoms with Crippen LogP contribution in [0.25, 0.3) is 11.0 Å². The molecule has 0 atom stereocenters. The van der Waals surface area contributed by atoms with E-state index in [1.165, 1.54) is 18.6 Å². The Balaban J connectivity index is 1.41. The molecule has 1 fully saturated rings. The van der Waals surface area contributed by atoms with Crippen LogP contribution in [0.1, 0.15) is 53.6 Å². The summed E-state index contributed by atoms with van der Waals surface area (Å²) in [6, 6.07) is 11.8. The molecule has 4 rings (SSSR count). The molecule has 0 spiro atoms. The van der Waals surface area contributed by atoms with Gasteiger partial charge in [-0.05, 0) is 68.1 Å². The number of nitrogens with one attached hydrogen (secondary N) is 1. The number of carbonyl (C=O) groups excluding carboxylic acids is 2. The maximum atomic E-state index is 12.6. The fourth-order valence-electron chi connectivity index (χ4n) is 3.93. The van der Waals surface area contributed by atoms with Crippen molar-refractivity contribution in [1.29, 1.82) is 0 Å². The lowest BCUT2D eigenvalue weighted by Crippen LogP contribution is -2.38. The lowest BCUT2D eigenvalue weighted by atomic mass is 9.95. The third-order valence-electron chi connectivity index (χ3n) is 5.96. The van der Waals surface area contributed by atoms with Crippen LogP contribution in [0.2, 0.25) is 0 Å². The van der Waals surface area contributed by atoms with Crippen LogP contribution in [-0.4, -0.2) is 24.5 Å². The second-order valence-electron chi connectivity index (χ2n) is 8.46. The van der Waals surface area contributed by atoms with Gasteiger partial charge in [-0.2, -0.15) is 0 Å². The largest absolute Gasteiger partial charge is 0.482 e. The van der Waals surface area contributed by atoms with Gasteiger partial charge < -0.3 is 19.2 Å². The maximum Gasteiger partial charge on any atom is 0.349 e. The van der Waals surface area contributed by atoms with Crippen LogP contribution in [0.3, 0.4) is 0 Å². The topological polar surface area (TPSA) is 94.8 Å². The molecule has 2 aromatic carbocycles. The molecule has 0 radical (unpaired) electrons. The molecular weight excluding hydrogens is 422 g/mol. The first-order chi connectivity index (χ1) is 15.9. The maximum absolute atomic E-state index is 12.6. The Morgan fingerprint density at radius 1 is 0.970 bits per heavy atom. The zero-order valence-electron chi connectivity index (χ0n) is 18.8. The summed E-state index contributed by atoms with van der Waals surface area (Å²) in [5, 5.41) is 3.49. The van der Waals surface area contributed by atoms with Crippen molar-refractivity contribution < 1.29 is 23.5 Å². The van der Waals surface area contributed by atoms with E-state index in [1.807, 2.05) is 26.0 Å². The number of hydrogen-bond acceptors (Lipinski definition) is 6. The first-order valence-corrected chi connectivity index (χ1v) is 11.2. The second-order valence-corrected chi connectivity index (χ2v) is 8.46. The van der Waals surface area contributed by atoms with Gasteiger partial charge in [0.2, 0.25) is 0 Å². The van der Waals surface area contributed by atoms with E-state index in [9.17, 15) is 14.4 Å². The molecule has 0 aliphatic heterocycles. The van der Waals surface area contributed by atoms with Crippen molar-refractivity contribution in [2.24, 2.45) is 0 Å². The molecule has 33 heavy (non-hydrogen) atoms. The molecule has 1 aliphatic carbocycles. The Hall–Kier alpha value is -3.61. The van der Waals surface area contributed by atoms with Crippen LogP contribution in [0, 0.1) is 13.8 Å². The summed E-state index contributed by atoms with van der Waals surface area (Å²) in [5.41, 5.74) is 1.68. The molecule has 1 saturated carbocycles. The van der Waals surface area contributed by atoms with Gasteiger partial charge in [-0.1, -0.05) is 25.3 Å². The number of ether oxygens (including phenoxy) is 2. The zero-order chi connectivity index (χ0) is 23.4. The van der Waals surface area contributed by atoms with Gasteiger partial charge in [-0.3, -0.25) is 4.79 Å². The van der Waals surface area contributed by atoms with Gasteiger partial charge in [-0.15, -0.1) is 0 Å². The molecule has 1 aliphatic rings. The Morgan fingerprint density at radius 2 is 1.73 bits per heavy atom. The van der Waals surface area contributed by atoms with E-state index in [2.05, 4.69) is 5.32 Å². The molecule has 7 nitrogen and oxygen atoms in total. The lowest BCUT2D eigenvalue weighted by Gasteiger charge is -2.22. The molecule has 0 saturated heterocycles. The summed E-state index contributed by atoms with van der Waals surface area (Å²) in [5.74, 6) is -0.202. The highest BCUT2D eigenvalue weighted by Crippen LogP contribution is 2.22. The van der Waals surface area contributed by atoms with E-state index in [0.29, 0.717) is 11.1 Å². The van der Waals surface area contributed by atoms with Crippen LogP contribution in [0.5, 0.6) is 11.5 Å². The molecule has 1 heterocycles. The SMILES string of the molecule is Cc1ccc(OCC(=O)Oc2ccc3cc(C(=O)NC4CCCCC4)c(=O)oc3c2)cc1C. The summed E-state index contributed by atoms with van der Waals surface area (Å²) in [4.78, 5) is 37.2. The molecule has 1 aromatic heterocycles. The number of amides is 1. The van der Waals surface area contributed by atoms with Crippen molar-refractivity contribution in [3.63, 3.8) is 0 Å². The van der Waals surface area contributed by atoms with Gasteiger partial charge >= 0.3 is 11.6 Å². The van der Waals surface area contributed by atoms with Crippen LogP contribution in [-0.2, 0) is 4.79 Å². The van der Waals surface area contributed by atoms with E-state index in [4.69, 9.17) is 13.9 Å². The summed E-state index contributed by atoms with van der Waals surface area (Å²) >= 11 is 0. The number of carbonyl (C=O) groups is 2. The van der Waals surface area contributed by atoms with Crippen LogP contribution in [0.15, 0.2) is 51.7 Å². The van der Waals surface area contributed by atoms with Crippen molar-refractivity contribution in [2.45, 2.75) is 52.0 Å². The number of hydrogen-bond donors (Lipinski definition) is 1. The zero-order valence-corrected chi connectivity index (χ0v) is 18.8. The van der Waals surface area contributed by atoms with E-state index in [0.717, 1.165) is 36.8 Å². The highest BCUT2D eigenvalue weighted by Gasteiger charge is 2.20. The highest BCUT2D eigenvalue weighted by atomic mass is 16.6. The average molecular weight is 450 g/mol. The minimum Gasteiger partial charge on any atom is -0.482 e. The third kappa shape index (κ3) is 5.61. The molecular formula is C26H27NO6. The average Bonchev–Trinajstić information content (AvgIpc) is 2.80. The predicted octanol–water partition coefficient (Wildman–Crippen LogP) is 4.46. The normalized spacial score (nSPS) is 14.1.